The van der Waals surface area contributed by atoms with Crippen molar-refractivity contribution in [2.45, 2.75) is 6.92 Å². The number of esters is 1. The molecule has 6 heteroatoms. The summed E-state index contributed by atoms with van der Waals surface area (Å²) in [6.07, 6.45) is 4.92. The Morgan fingerprint density at radius 2 is 1.96 bits per heavy atom. The molecule has 1 aliphatic rings. The normalized spacial score (nSPS) is 13.9. The molecule has 2 heterocycles. The van der Waals surface area contributed by atoms with Gasteiger partial charge in [-0.3, -0.25) is 9.78 Å². The summed E-state index contributed by atoms with van der Waals surface area (Å²) in [7, 11) is 0. The molecular weight excluding hydrogens is 378 g/mol. The van der Waals surface area contributed by atoms with Gasteiger partial charge in [-0.15, -0.1) is 0 Å². The van der Waals surface area contributed by atoms with Crippen molar-refractivity contribution in [3.05, 3.63) is 94.0 Å². The first-order chi connectivity index (χ1) is 13.5. The highest BCUT2D eigenvalue weighted by Gasteiger charge is 2.30. The number of Topliss-reactive ketones (excluding diaryl/α,β-unsaturated/α-hetero) is 1. The third-order valence-electron chi connectivity index (χ3n) is 4.22. The smallest absolute Gasteiger partial charge is 0.343 e. The van der Waals surface area contributed by atoms with Crippen molar-refractivity contribution < 1.29 is 19.1 Å². The number of hydrogen-bond donors (Lipinski definition) is 0. The summed E-state index contributed by atoms with van der Waals surface area (Å²) in [5.74, 6) is 0.122. The van der Waals surface area contributed by atoms with E-state index in [4.69, 9.17) is 21.1 Å². The van der Waals surface area contributed by atoms with Crippen molar-refractivity contribution in [2.75, 3.05) is 0 Å². The van der Waals surface area contributed by atoms with Crippen LogP contribution < -0.4 is 9.47 Å². The molecule has 0 amide bonds. The third kappa shape index (κ3) is 3.52. The first-order valence-corrected chi connectivity index (χ1v) is 8.86. The minimum Gasteiger partial charge on any atom is -0.452 e. The number of carbonyl (C=O) groups excluding carboxylic acids is 2. The topological polar surface area (TPSA) is 65.5 Å². The molecule has 5 nitrogen and oxygen atoms in total. The van der Waals surface area contributed by atoms with Crippen LogP contribution >= 0.6 is 11.6 Å². The number of pyridine rings is 1. The fourth-order valence-corrected chi connectivity index (χ4v) is 3.03. The van der Waals surface area contributed by atoms with Crippen molar-refractivity contribution >= 4 is 29.4 Å². The van der Waals surface area contributed by atoms with Crippen LogP contribution in [0.3, 0.4) is 0 Å². The average Bonchev–Trinajstić information content (AvgIpc) is 2.99. The van der Waals surface area contributed by atoms with Crippen molar-refractivity contribution in [3.8, 4) is 11.5 Å². The van der Waals surface area contributed by atoms with E-state index in [1.54, 1.807) is 61.8 Å². The van der Waals surface area contributed by atoms with Gasteiger partial charge in [0, 0.05) is 23.5 Å². The van der Waals surface area contributed by atoms with Crippen molar-refractivity contribution in [2.24, 2.45) is 0 Å². The number of nitrogens with zero attached hydrogens (tertiary/aromatic N) is 1. The number of allylic oxidation sites excluding steroid dienone is 1. The summed E-state index contributed by atoms with van der Waals surface area (Å²) in [4.78, 5) is 29.0. The second-order valence-electron chi connectivity index (χ2n) is 6.24. The van der Waals surface area contributed by atoms with Crippen molar-refractivity contribution in [3.63, 3.8) is 0 Å². The van der Waals surface area contributed by atoms with Crippen LogP contribution in [0.2, 0.25) is 5.02 Å². The maximum atomic E-state index is 12.7. The Kier molecular flexibility index (Phi) is 4.67. The zero-order chi connectivity index (χ0) is 19.7. The Balaban J connectivity index is 1.60. The van der Waals surface area contributed by atoms with Gasteiger partial charge in [0.25, 0.3) is 0 Å². The van der Waals surface area contributed by atoms with E-state index in [9.17, 15) is 9.59 Å². The van der Waals surface area contributed by atoms with Gasteiger partial charge in [0.15, 0.2) is 5.76 Å². The Labute approximate surface area is 166 Å². The summed E-state index contributed by atoms with van der Waals surface area (Å²) >= 11 is 5.84. The fourth-order valence-electron chi connectivity index (χ4n) is 2.90. The van der Waals surface area contributed by atoms with E-state index in [0.29, 0.717) is 33.2 Å². The van der Waals surface area contributed by atoms with E-state index in [2.05, 4.69) is 4.98 Å². The number of carbonyl (C=O) groups is 2. The predicted molar refractivity (Wildman–Crippen MR) is 105 cm³/mol. The van der Waals surface area contributed by atoms with Gasteiger partial charge in [-0.05, 0) is 60.5 Å². The molecule has 0 saturated heterocycles. The lowest BCUT2D eigenvalue weighted by atomic mass is 10.0. The molecular formula is C22H14ClNO4. The molecule has 138 valence electrons. The van der Waals surface area contributed by atoms with E-state index in [-0.39, 0.29) is 11.5 Å². The van der Waals surface area contributed by atoms with Crippen LogP contribution in [0.5, 0.6) is 11.5 Å². The second kappa shape index (κ2) is 7.29. The molecule has 1 aromatic heterocycles. The number of ether oxygens (including phenoxy) is 2. The van der Waals surface area contributed by atoms with Gasteiger partial charge in [-0.1, -0.05) is 17.7 Å². The fraction of sp³-hybridized carbons (Fsp3) is 0.0455. The van der Waals surface area contributed by atoms with Crippen LogP contribution in [0.4, 0.5) is 0 Å². The van der Waals surface area contributed by atoms with Gasteiger partial charge >= 0.3 is 5.97 Å². The Hall–Kier alpha value is -3.44. The molecule has 1 aliphatic heterocycles. The number of halogens is 1. The number of ketones is 1. The van der Waals surface area contributed by atoms with E-state index in [1.165, 1.54) is 6.07 Å². The number of hydrogen-bond acceptors (Lipinski definition) is 5. The Bertz CT molecular complexity index is 1110. The number of fused-ring (bicyclic) bond motifs is 1. The summed E-state index contributed by atoms with van der Waals surface area (Å²) in [5, 5.41) is 0.532. The maximum absolute atomic E-state index is 12.7. The van der Waals surface area contributed by atoms with Gasteiger partial charge in [-0.2, -0.15) is 0 Å². The summed E-state index contributed by atoms with van der Waals surface area (Å²) in [5.41, 5.74) is 2.25. The van der Waals surface area contributed by atoms with E-state index in [1.807, 2.05) is 6.07 Å². The van der Waals surface area contributed by atoms with Gasteiger partial charge in [0.1, 0.15) is 11.5 Å². The molecule has 0 bridgehead atoms. The first-order valence-electron chi connectivity index (χ1n) is 8.48. The molecule has 0 N–H and O–H groups in total. The zero-order valence-electron chi connectivity index (χ0n) is 14.8. The first kappa shape index (κ1) is 17.9. The summed E-state index contributed by atoms with van der Waals surface area (Å²) in [6.45, 7) is 1.77. The lowest BCUT2D eigenvalue weighted by Gasteiger charge is -2.08. The molecule has 2 aromatic carbocycles. The highest BCUT2D eigenvalue weighted by Crippen LogP contribution is 2.37. The van der Waals surface area contributed by atoms with E-state index in [0.717, 1.165) is 5.56 Å². The molecule has 0 saturated carbocycles. The molecule has 0 unspecified atom stereocenters. The minimum absolute atomic E-state index is 0.201. The molecule has 0 radical (unpaired) electrons. The minimum atomic E-state index is -0.522. The zero-order valence-corrected chi connectivity index (χ0v) is 15.6. The lowest BCUT2D eigenvalue weighted by Crippen LogP contribution is -2.08. The summed E-state index contributed by atoms with van der Waals surface area (Å²) < 4.78 is 11.2. The number of benzene rings is 2. The molecule has 28 heavy (non-hydrogen) atoms. The van der Waals surface area contributed by atoms with Gasteiger partial charge in [-0.25, -0.2) is 4.79 Å². The van der Waals surface area contributed by atoms with Crippen molar-refractivity contribution in [1.82, 2.24) is 4.98 Å². The molecule has 4 rings (SSSR count). The summed E-state index contributed by atoms with van der Waals surface area (Å²) in [6, 6.07) is 13.2. The van der Waals surface area contributed by atoms with Gasteiger partial charge in [0.05, 0.1) is 11.1 Å². The molecule has 0 atom stereocenters. The highest BCUT2D eigenvalue weighted by molar-refractivity contribution is 6.30. The van der Waals surface area contributed by atoms with Gasteiger partial charge < -0.3 is 9.47 Å². The highest BCUT2D eigenvalue weighted by atomic mass is 35.5. The number of aromatic nitrogens is 1. The van der Waals surface area contributed by atoms with Crippen LogP contribution in [0.25, 0.3) is 6.08 Å². The average molecular weight is 392 g/mol. The van der Waals surface area contributed by atoms with Crippen LogP contribution in [0, 0.1) is 6.92 Å². The SMILES string of the molecule is Cc1cc(OC(=O)c2ccc(Cl)cc2)cc2c1C(=O)/C(=C/c1cccnc1)O2. The van der Waals surface area contributed by atoms with Crippen LogP contribution in [-0.2, 0) is 0 Å². The maximum Gasteiger partial charge on any atom is 0.343 e. The van der Waals surface area contributed by atoms with Crippen LogP contribution in [0.15, 0.2) is 66.7 Å². The van der Waals surface area contributed by atoms with E-state index < -0.39 is 5.97 Å². The van der Waals surface area contributed by atoms with Crippen LogP contribution in [0.1, 0.15) is 31.8 Å². The Morgan fingerprint density at radius 3 is 2.68 bits per heavy atom. The third-order valence-corrected chi connectivity index (χ3v) is 4.47. The van der Waals surface area contributed by atoms with Gasteiger partial charge in [0.2, 0.25) is 5.78 Å². The monoisotopic (exact) mass is 391 g/mol. The van der Waals surface area contributed by atoms with Crippen LogP contribution in [-0.4, -0.2) is 16.7 Å². The largest absolute Gasteiger partial charge is 0.452 e. The lowest BCUT2D eigenvalue weighted by molar-refractivity contribution is 0.0734. The standard InChI is InChI=1S/C22H14ClNO4/c1-13-9-17(27-22(26)15-4-6-16(23)7-5-15)11-18-20(13)21(25)19(28-18)10-14-3-2-8-24-12-14/h2-12H,1H3/b19-10-. The quantitative estimate of drug-likeness (QED) is 0.361. The number of aryl methyl sites for hydroxylation is 1. The molecule has 3 aromatic rings. The molecule has 0 spiro atoms. The Morgan fingerprint density at radius 1 is 1.18 bits per heavy atom. The second-order valence-corrected chi connectivity index (χ2v) is 6.67. The predicted octanol–water partition coefficient (Wildman–Crippen LogP) is 4.88. The van der Waals surface area contributed by atoms with E-state index >= 15 is 0 Å². The number of rotatable bonds is 3. The molecule has 0 aliphatic carbocycles. The van der Waals surface area contributed by atoms with Crippen molar-refractivity contribution in [1.29, 1.82) is 0 Å². The molecule has 0 fully saturated rings.